The summed E-state index contributed by atoms with van der Waals surface area (Å²) in [6.07, 6.45) is 0. The monoisotopic (exact) mass is 418 g/mol. The molecule has 9 heteroatoms. The van der Waals surface area contributed by atoms with Crippen molar-refractivity contribution in [2.75, 3.05) is 17.7 Å². The molecule has 0 heterocycles. The lowest BCUT2D eigenvalue weighted by Gasteiger charge is -2.11. The molecule has 0 aliphatic heterocycles. The Morgan fingerprint density at radius 2 is 1.47 bits per heavy atom. The van der Waals surface area contributed by atoms with E-state index < -0.39 is 40.6 Å². The fraction of sp³-hybridized carbons (Fsp3) is 0.0476. The van der Waals surface area contributed by atoms with Gasteiger partial charge in [0.1, 0.15) is 5.75 Å². The van der Waals surface area contributed by atoms with Gasteiger partial charge >= 0.3 is 0 Å². The SMILES string of the molecule is COc1ccccc1NC(=O)c1ccc(NC(=O)c2cc(F)c(F)c(F)c2F)cc1. The number of ether oxygens (including phenoxy) is 1. The summed E-state index contributed by atoms with van der Waals surface area (Å²) >= 11 is 0. The van der Waals surface area contributed by atoms with E-state index in [1.807, 2.05) is 0 Å². The van der Waals surface area contributed by atoms with Gasteiger partial charge in [0.15, 0.2) is 23.3 Å². The molecule has 0 fully saturated rings. The lowest BCUT2D eigenvalue weighted by Crippen LogP contribution is -2.16. The highest BCUT2D eigenvalue weighted by Crippen LogP contribution is 2.24. The van der Waals surface area contributed by atoms with E-state index in [9.17, 15) is 27.2 Å². The number of hydrogen-bond acceptors (Lipinski definition) is 3. The first-order valence-electron chi connectivity index (χ1n) is 8.50. The Bertz CT molecular complexity index is 1120. The molecule has 0 saturated heterocycles. The van der Waals surface area contributed by atoms with Crippen LogP contribution in [0.1, 0.15) is 20.7 Å². The largest absolute Gasteiger partial charge is 0.495 e. The van der Waals surface area contributed by atoms with Crippen LogP contribution in [0, 0.1) is 23.3 Å². The zero-order valence-electron chi connectivity index (χ0n) is 15.4. The predicted octanol–water partition coefficient (Wildman–Crippen LogP) is 4.76. The van der Waals surface area contributed by atoms with Gasteiger partial charge in [-0.2, -0.15) is 0 Å². The summed E-state index contributed by atoms with van der Waals surface area (Å²) in [5.74, 6) is -8.75. The average molecular weight is 418 g/mol. The number of nitrogens with one attached hydrogen (secondary N) is 2. The Kier molecular flexibility index (Phi) is 6.01. The third-order valence-corrected chi connectivity index (χ3v) is 4.11. The third-order valence-electron chi connectivity index (χ3n) is 4.11. The second-order valence-electron chi connectivity index (χ2n) is 6.03. The number of carbonyl (C=O) groups excluding carboxylic acids is 2. The van der Waals surface area contributed by atoms with E-state index in [1.165, 1.54) is 31.4 Å². The van der Waals surface area contributed by atoms with Crippen molar-refractivity contribution in [2.45, 2.75) is 0 Å². The van der Waals surface area contributed by atoms with E-state index in [-0.39, 0.29) is 17.3 Å². The first-order chi connectivity index (χ1) is 14.3. The number of hydrogen-bond donors (Lipinski definition) is 2. The summed E-state index contributed by atoms with van der Waals surface area (Å²) in [7, 11) is 1.46. The minimum Gasteiger partial charge on any atom is -0.495 e. The van der Waals surface area contributed by atoms with E-state index in [4.69, 9.17) is 4.74 Å². The zero-order valence-corrected chi connectivity index (χ0v) is 15.4. The normalized spacial score (nSPS) is 10.4. The molecule has 5 nitrogen and oxygen atoms in total. The first-order valence-corrected chi connectivity index (χ1v) is 8.50. The molecule has 2 N–H and O–H groups in total. The average Bonchev–Trinajstić information content (AvgIpc) is 2.75. The van der Waals surface area contributed by atoms with Gasteiger partial charge < -0.3 is 15.4 Å². The van der Waals surface area contributed by atoms with Gasteiger partial charge in [-0.3, -0.25) is 9.59 Å². The number of halogens is 4. The van der Waals surface area contributed by atoms with Gasteiger partial charge in [-0.1, -0.05) is 12.1 Å². The smallest absolute Gasteiger partial charge is 0.258 e. The molecule has 0 spiro atoms. The molecule has 0 radical (unpaired) electrons. The van der Waals surface area contributed by atoms with Gasteiger partial charge in [0.2, 0.25) is 0 Å². The fourth-order valence-electron chi connectivity index (χ4n) is 2.58. The molecule has 30 heavy (non-hydrogen) atoms. The molecule has 3 aromatic carbocycles. The topological polar surface area (TPSA) is 67.4 Å². The first kappa shape index (κ1) is 20.8. The quantitative estimate of drug-likeness (QED) is 0.357. The van der Waals surface area contributed by atoms with Gasteiger partial charge in [0.05, 0.1) is 18.4 Å². The van der Waals surface area contributed by atoms with Crippen LogP contribution in [0.2, 0.25) is 0 Å². The van der Waals surface area contributed by atoms with Crippen LogP contribution in [-0.4, -0.2) is 18.9 Å². The van der Waals surface area contributed by atoms with Gasteiger partial charge in [0, 0.05) is 11.3 Å². The van der Waals surface area contributed by atoms with Crippen LogP contribution in [-0.2, 0) is 0 Å². The molecule has 3 rings (SSSR count). The summed E-state index contributed by atoms with van der Waals surface area (Å²) in [5, 5.41) is 4.89. The lowest BCUT2D eigenvalue weighted by atomic mass is 10.1. The second kappa shape index (κ2) is 8.64. The molecule has 0 aromatic heterocycles. The fourth-order valence-corrected chi connectivity index (χ4v) is 2.58. The summed E-state index contributed by atoms with van der Waals surface area (Å²) in [4.78, 5) is 24.4. The Balaban J connectivity index is 1.73. The Morgan fingerprint density at radius 1 is 0.800 bits per heavy atom. The van der Waals surface area contributed by atoms with Crippen molar-refractivity contribution in [2.24, 2.45) is 0 Å². The molecular weight excluding hydrogens is 404 g/mol. The van der Waals surface area contributed by atoms with Gasteiger partial charge in [-0.15, -0.1) is 0 Å². The molecule has 0 unspecified atom stereocenters. The highest BCUT2D eigenvalue weighted by Gasteiger charge is 2.23. The number of methoxy groups -OCH3 is 1. The maximum Gasteiger partial charge on any atom is 0.258 e. The number of carbonyl (C=O) groups is 2. The minimum absolute atomic E-state index is 0.124. The van der Waals surface area contributed by atoms with Crippen LogP contribution in [0.5, 0.6) is 5.75 Å². The molecule has 0 aliphatic rings. The van der Waals surface area contributed by atoms with Crippen LogP contribution in [0.25, 0.3) is 0 Å². The van der Waals surface area contributed by atoms with Crippen LogP contribution < -0.4 is 15.4 Å². The molecule has 2 amide bonds. The van der Waals surface area contributed by atoms with Crippen molar-refractivity contribution in [1.82, 2.24) is 0 Å². The van der Waals surface area contributed by atoms with Crippen LogP contribution >= 0.6 is 0 Å². The minimum atomic E-state index is -2.08. The number of rotatable bonds is 5. The summed E-state index contributed by atoms with van der Waals surface area (Å²) in [6.45, 7) is 0. The van der Waals surface area contributed by atoms with Crippen molar-refractivity contribution in [3.8, 4) is 5.75 Å². The lowest BCUT2D eigenvalue weighted by molar-refractivity contribution is 0.101. The Labute approximate surface area is 168 Å². The van der Waals surface area contributed by atoms with Crippen molar-refractivity contribution >= 4 is 23.2 Å². The van der Waals surface area contributed by atoms with Gasteiger partial charge in [-0.05, 0) is 42.5 Å². The number of anilines is 2. The molecule has 154 valence electrons. The Hall–Kier alpha value is -3.88. The van der Waals surface area contributed by atoms with Crippen molar-refractivity contribution in [3.63, 3.8) is 0 Å². The molecule has 0 bridgehead atoms. The molecule has 0 saturated carbocycles. The van der Waals surface area contributed by atoms with E-state index in [1.54, 1.807) is 24.3 Å². The van der Waals surface area contributed by atoms with E-state index in [0.29, 0.717) is 11.4 Å². The van der Waals surface area contributed by atoms with Crippen LogP contribution in [0.4, 0.5) is 28.9 Å². The molecule has 3 aromatic rings. The van der Waals surface area contributed by atoms with E-state index in [2.05, 4.69) is 10.6 Å². The number of amides is 2. The highest BCUT2D eigenvalue weighted by atomic mass is 19.2. The van der Waals surface area contributed by atoms with E-state index in [0.717, 1.165) is 0 Å². The number of para-hydroxylation sites is 2. The van der Waals surface area contributed by atoms with Gasteiger partial charge in [0.25, 0.3) is 11.8 Å². The highest BCUT2D eigenvalue weighted by molar-refractivity contribution is 6.06. The maximum absolute atomic E-state index is 13.7. The predicted molar refractivity (Wildman–Crippen MR) is 102 cm³/mol. The summed E-state index contributed by atoms with van der Waals surface area (Å²) in [5.41, 5.74) is -0.176. The van der Waals surface area contributed by atoms with Crippen molar-refractivity contribution < 1.29 is 31.9 Å². The van der Waals surface area contributed by atoms with Crippen LogP contribution in [0.3, 0.4) is 0 Å². The van der Waals surface area contributed by atoms with E-state index >= 15 is 0 Å². The van der Waals surface area contributed by atoms with Crippen LogP contribution in [0.15, 0.2) is 54.6 Å². The number of benzene rings is 3. The molecule has 0 atom stereocenters. The second-order valence-corrected chi connectivity index (χ2v) is 6.03. The Morgan fingerprint density at radius 3 is 2.13 bits per heavy atom. The standard InChI is InChI=1S/C21H14F4N2O3/c1-30-16-5-3-2-4-15(16)27-20(28)11-6-8-12(9-7-11)26-21(29)13-10-14(22)18(24)19(25)17(13)23/h2-10H,1H3,(H,26,29)(H,27,28). The molecular formula is C21H14F4N2O3. The summed E-state index contributed by atoms with van der Waals surface area (Å²) in [6, 6.07) is 12.5. The van der Waals surface area contributed by atoms with Gasteiger partial charge in [-0.25, -0.2) is 17.6 Å². The molecule has 0 aliphatic carbocycles. The van der Waals surface area contributed by atoms with Crippen molar-refractivity contribution in [3.05, 3.63) is 89.0 Å². The summed E-state index contributed by atoms with van der Waals surface area (Å²) < 4.78 is 58.5. The van der Waals surface area contributed by atoms with Crippen molar-refractivity contribution in [1.29, 1.82) is 0 Å². The maximum atomic E-state index is 13.7. The third kappa shape index (κ3) is 4.24. The zero-order chi connectivity index (χ0) is 21.8.